The van der Waals surface area contributed by atoms with Crippen LogP contribution in [0.15, 0.2) is 36.8 Å². The lowest BCUT2D eigenvalue weighted by molar-refractivity contribution is 0.0436. The second kappa shape index (κ2) is 8.33. The molecule has 0 bridgehead atoms. The molecule has 0 saturated carbocycles. The average molecular weight is 315 g/mol. The van der Waals surface area contributed by atoms with Gasteiger partial charge in [-0.15, -0.1) is 24.5 Å². The number of hydrogen-bond acceptors (Lipinski definition) is 3. The number of likely N-dealkylation sites (tertiary alicyclic amines) is 1. The number of aliphatic hydroxyl groups is 1. The van der Waals surface area contributed by atoms with Gasteiger partial charge in [-0.2, -0.15) is 0 Å². The first-order valence-electron chi connectivity index (χ1n) is 7.88. The first-order valence-corrected chi connectivity index (χ1v) is 8.76. The van der Waals surface area contributed by atoms with Gasteiger partial charge in [0.1, 0.15) is 6.61 Å². The molecule has 1 aliphatic rings. The van der Waals surface area contributed by atoms with Crippen LogP contribution in [0.4, 0.5) is 0 Å². The summed E-state index contributed by atoms with van der Waals surface area (Å²) in [6.45, 7) is 9.94. The summed E-state index contributed by atoms with van der Waals surface area (Å²) in [5, 5.41) is 10.9. The van der Waals surface area contributed by atoms with Crippen LogP contribution in [0.3, 0.4) is 0 Å². The number of hydrogen-bond donors (Lipinski definition) is 1. The van der Waals surface area contributed by atoms with Crippen molar-refractivity contribution in [2.45, 2.75) is 44.2 Å². The molecule has 3 heteroatoms. The third-order valence-electron chi connectivity index (χ3n) is 4.35. The van der Waals surface area contributed by atoms with Crippen molar-refractivity contribution in [3.05, 3.63) is 47.2 Å². The Labute approximate surface area is 138 Å². The number of thiophene rings is 1. The smallest absolute Gasteiger partial charge is 0.104 e. The Bertz CT molecular complexity index is 553. The molecular weight excluding hydrogens is 290 g/mol. The lowest BCUT2D eigenvalue weighted by Gasteiger charge is -2.47. The van der Waals surface area contributed by atoms with Crippen molar-refractivity contribution in [2.75, 3.05) is 13.2 Å². The van der Waals surface area contributed by atoms with Crippen LogP contribution in [-0.2, 0) is 6.54 Å². The maximum atomic E-state index is 8.78. The van der Waals surface area contributed by atoms with Gasteiger partial charge in [0, 0.05) is 27.9 Å². The molecule has 1 saturated heterocycles. The molecule has 1 aromatic heterocycles. The van der Waals surface area contributed by atoms with Gasteiger partial charge in [-0.25, -0.2) is 0 Å². The molecule has 0 atom stereocenters. The van der Waals surface area contributed by atoms with Crippen molar-refractivity contribution >= 4 is 11.3 Å². The van der Waals surface area contributed by atoms with Gasteiger partial charge < -0.3 is 5.11 Å². The van der Waals surface area contributed by atoms with Crippen LogP contribution in [0.1, 0.15) is 42.5 Å². The van der Waals surface area contributed by atoms with Gasteiger partial charge >= 0.3 is 0 Å². The number of nitrogens with zero attached hydrogens (tertiary/aromatic N) is 1. The van der Waals surface area contributed by atoms with Gasteiger partial charge in [-0.1, -0.05) is 30.4 Å². The largest absolute Gasteiger partial charge is 0.384 e. The molecule has 0 spiro atoms. The van der Waals surface area contributed by atoms with E-state index in [1.165, 1.54) is 24.1 Å². The lowest BCUT2D eigenvalue weighted by Crippen LogP contribution is -2.50. The Kier molecular flexibility index (Phi) is 6.45. The quantitative estimate of drug-likeness (QED) is 0.634. The SMILES string of the molecule is C=CCC1(CC=C)CCCCN1Cc1cc(C#CCO)cs1. The van der Waals surface area contributed by atoms with Crippen molar-refractivity contribution in [3.8, 4) is 11.8 Å². The van der Waals surface area contributed by atoms with E-state index in [2.05, 4.69) is 41.3 Å². The second-order valence-corrected chi connectivity index (χ2v) is 6.85. The zero-order valence-electron chi connectivity index (χ0n) is 13.2. The van der Waals surface area contributed by atoms with E-state index in [1.807, 2.05) is 12.2 Å². The van der Waals surface area contributed by atoms with Crippen LogP contribution < -0.4 is 0 Å². The Morgan fingerprint density at radius 1 is 1.32 bits per heavy atom. The minimum Gasteiger partial charge on any atom is -0.384 e. The fourth-order valence-corrected chi connectivity index (χ4v) is 4.17. The van der Waals surface area contributed by atoms with Crippen LogP contribution in [0, 0.1) is 11.8 Å². The highest BCUT2D eigenvalue weighted by atomic mass is 32.1. The molecule has 2 nitrogen and oxygen atoms in total. The van der Waals surface area contributed by atoms with E-state index in [0.29, 0.717) is 0 Å². The Hall–Kier alpha value is -1.34. The molecule has 0 unspecified atom stereocenters. The second-order valence-electron chi connectivity index (χ2n) is 5.85. The molecule has 1 aliphatic heterocycles. The molecule has 2 rings (SSSR count). The normalized spacial score (nSPS) is 17.5. The van der Waals surface area contributed by atoms with Gasteiger partial charge in [-0.05, 0) is 38.3 Å². The fraction of sp³-hybridized carbons (Fsp3) is 0.474. The third kappa shape index (κ3) is 4.10. The Morgan fingerprint density at radius 2 is 2.09 bits per heavy atom. The predicted octanol–water partition coefficient (Wildman–Crippen LogP) is 3.97. The monoisotopic (exact) mass is 315 g/mol. The maximum Gasteiger partial charge on any atom is 0.104 e. The topological polar surface area (TPSA) is 23.5 Å². The standard InChI is InChI=1S/C19H25NOS/c1-3-9-19(10-4-2)11-5-6-12-20(19)15-18-14-17(16-22-18)8-7-13-21/h3-4,14,16,21H,1-2,5-6,9-13,15H2. The van der Waals surface area contributed by atoms with Gasteiger partial charge in [-0.3, -0.25) is 4.90 Å². The van der Waals surface area contributed by atoms with Crippen LogP contribution in [0.2, 0.25) is 0 Å². The minimum absolute atomic E-state index is 0.0842. The first-order chi connectivity index (χ1) is 10.7. The summed E-state index contributed by atoms with van der Waals surface area (Å²) in [5.41, 5.74) is 1.19. The van der Waals surface area contributed by atoms with E-state index in [1.54, 1.807) is 11.3 Å². The summed E-state index contributed by atoms with van der Waals surface area (Å²) in [5.74, 6) is 5.69. The van der Waals surface area contributed by atoms with E-state index in [9.17, 15) is 0 Å². The molecule has 118 valence electrons. The molecule has 1 N–H and O–H groups in total. The zero-order valence-corrected chi connectivity index (χ0v) is 14.0. The van der Waals surface area contributed by atoms with Crippen molar-refractivity contribution in [1.82, 2.24) is 4.90 Å². The van der Waals surface area contributed by atoms with E-state index in [0.717, 1.165) is 31.5 Å². The van der Waals surface area contributed by atoms with Crippen LogP contribution >= 0.6 is 11.3 Å². The summed E-state index contributed by atoms with van der Waals surface area (Å²) in [7, 11) is 0. The highest BCUT2D eigenvalue weighted by Gasteiger charge is 2.36. The molecule has 0 aliphatic carbocycles. The number of piperidine rings is 1. The highest BCUT2D eigenvalue weighted by Crippen LogP contribution is 2.36. The van der Waals surface area contributed by atoms with Crippen molar-refractivity contribution < 1.29 is 5.11 Å². The van der Waals surface area contributed by atoms with E-state index < -0.39 is 0 Å². The molecular formula is C19H25NOS. The van der Waals surface area contributed by atoms with Crippen molar-refractivity contribution in [3.63, 3.8) is 0 Å². The first kappa shape index (κ1) is 17.0. The molecule has 1 fully saturated rings. The molecule has 2 heterocycles. The predicted molar refractivity (Wildman–Crippen MR) is 94.9 cm³/mol. The van der Waals surface area contributed by atoms with Crippen LogP contribution in [0.5, 0.6) is 0 Å². The molecule has 22 heavy (non-hydrogen) atoms. The summed E-state index contributed by atoms with van der Waals surface area (Å²) < 4.78 is 0. The summed E-state index contributed by atoms with van der Waals surface area (Å²) in [6.07, 6.45) is 9.90. The van der Waals surface area contributed by atoms with E-state index in [4.69, 9.17) is 5.11 Å². The Morgan fingerprint density at radius 3 is 2.77 bits per heavy atom. The van der Waals surface area contributed by atoms with Crippen LogP contribution in [-0.4, -0.2) is 28.7 Å². The summed E-state index contributed by atoms with van der Waals surface area (Å²) in [6, 6.07) is 2.15. The van der Waals surface area contributed by atoms with Gasteiger partial charge in [0.05, 0.1) is 0 Å². The number of aliphatic hydroxyl groups excluding tert-OH is 1. The zero-order chi connectivity index (χ0) is 15.8. The highest BCUT2D eigenvalue weighted by molar-refractivity contribution is 7.10. The molecule has 0 amide bonds. The summed E-state index contributed by atoms with van der Waals surface area (Å²) >= 11 is 1.75. The van der Waals surface area contributed by atoms with Gasteiger partial charge in [0.2, 0.25) is 0 Å². The molecule has 1 aromatic rings. The van der Waals surface area contributed by atoms with Gasteiger partial charge in [0.15, 0.2) is 0 Å². The number of rotatable bonds is 6. The maximum absolute atomic E-state index is 8.78. The fourth-order valence-electron chi connectivity index (χ4n) is 3.34. The van der Waals surface area contributed by atoms with E-state index >= 15 is 0 Å². The lowest BCUT2D eigenvalue weighted by atomic mass is 9.80. The van der Waals surface area contributed by atoms with Crippen LogP contribution in [0.25, 0.3) is 0 Å². The molecule has 0 aromatic carbocycles. The average Bonchev–Trinajstić information content (AvgIpc) is 2.96. The third-order valence-corrected chi connectivity index (χ3v) is 5.27. The van der Waals surface area contributed by atoms with Gasteiger partial charge in [0.25, 0.3) is 0 Å². The van der Waals surface area contributed by atoms with Crippen molar-refractivity contribution in [2.24, 2.45) is 0 Å². The van der Waals surface area contributed by atoms with Crippen molar-refractivity contribution in [1.29, 1.82) is 0 Å². The minimum atomic E-state index is -0.0842. The summed E-state index contributed by atoms with van der Waals surface area (Å²) in [4.78, 5) is 3.94. The molecule has 0 radical (unpaired) electrons. The Balaban J connectivity index is 2.15. The van der Waals surface area contributed by atoms with E-state index in [-0.39, 0.29) is 12.1 Å².